The van der Waals surface area contributed by atoms with Crippen LogP contribution in [0.25, 0.3) is 0 Å². The van der Waals surface area contributed by atoms with Gasteiger partial charge in [-0.15, -0.1) is 0 Å². The summed E-state index contributed by atoms with van der Waals surface area (Å²) in [6, 6.07) is 17.7. The molecule has 3 aromatic rings. The molecule has 0 saturated carbocycles. The highest BCUT2D eigenvalue weighted by atomic mass is 35.5. The maximum Gasteiger partial charge on any atom is 0.265 e. The fraction of sp³-hybridized carbons (Fsp3) is 0.174. The standard InChI is InChI=1S/C23H22Cl2N2O4S/c1-3-21(31-22-7-5-4-6-15(22)2)23(28)26-17-9-11-18(12-10-17)32(29,30)27-20-13-8-16(24)14-19(20)25/h4-14,21,27H,3H2,1-2H3,(H,26,28). The summed E-state index contributed by atoms with van der Waals surface area (Å²) in [5.41, 5.74) is 1.60. The highest BCUT2D eigenvalue weighted by molar-refractivity contribution is 7.92. The molecule has 1 amide bonds. The number of halogens is 2. The van der Waals surface area contributed by atoms with E-state index in [0.717, 1.165) is 5.56 Å². The molecule has 0 aromatic heterocycles. The summed E-state index contributed by atoms with van der Waals surface area (Å²) in [4.78, 5) is 12.7. The summed E-state index contributed by atoms with van der Waals surface area (Å²) in [5, 5.41) is 3.34. The summed E-state index contributed by atoms with van der Waals surface area (Å²) in [7, 11) is -3.88. The zero-order valence-corrected chi connectivity index (χ0v) is 19.8. The highest BCUT2D eigenvalue weighted by Crippen LogP contribution is 2.28. The summed E-state index contributed by atoms with van der Waals surface area (Å²) in [6.07, 6.45) is -0.216. The Kier molecular flexibility index (Phi) is 7.66. The van der Waals surface area contributed by atoms with Crippen LogP contribution in [0.5, 0.6) is 5.75 Å². The van der Waals surface area contributed by atoms with Crippen LogP contribution in [0.1, 0.15) is 18.9 Å². The van der Waals surface area contributed by atoms with Crippen LogP contribution < -0.4 is 14.8 Å². The molecule has 0 heterocycles. The Morgan fingerprint density at radius 3 is 2.34 bits per heavy atom. The number of carbonyl (C=O) groups excluding carboxylic acids is 1. The van der Waals surface area contributed by atoms with Crippen molar-refractivity contribution in [1.82, 2.24) is 0 Å². The van der Waals surface area contributed by atoms with Crippen LogP contribution in [-0.2, 0) is 14.8 Å². The van der Waals surface area contributed by atoms with Gasteiger partial charge in [0.25, 0.3) is 15.9 Å². The van der Waals surface area contributed by atoms with E-state index in [1.165, 1.54) is 42.5 Å². The molecule has 2 N–H and O–H groups in total. The number of aryl methyl sites for hydroxylation is 1. The van der Waals surface area contributed by atoms with E-state index >= 15 is 0 Å². The molecule has 1 unspecified atom stereocenters. The minimum atomic E-state index is -3.88. The van der Waals surface area contributed by atoms with Crippen molar-refractivity contribution < 1.29 is 17.9 Å². The average molecular weight is 493 g/mol. The zero-order chi connectivity index (χ0) is 23.3. The fourth-order valence-electron chi connectivity index (χ4n) is 2.88. The monoisotopic (exact) mass is 492 g/mol. The molecular formula is C23H22Cl2N2O4S. The lowest BCUT2D eigenvalue weighted by Gasteiger charge is -2.18. The molecule has 0 bridgehead atoms. The first-order valence-electron chi connectivity index (χ1n) is 9.80. The van der Waals surface area contributed by atoms with Crippen LogP contribution in [0.15, 0.2) is 71.6 Å². The van der Waals surface area contributed by atoms with E-state index in [4.69, 9.17) is 27.9 Å². The van der Waals surface area contributed by atoms with Crippen LogP contribution in [0.2, 0.25) is 10.0 Å². The SMILES string of the molecule is CCC(Oc1ccccc1C)C(=O)Nc1ccc(S(=O)(=O)Nc2ccc(Cl)cc2Cl)cc1. The third-order valence-corrected chi connectivity index (χ3v) is 6.56. The van der Waals surface area contributed by atoms with Crippen molar-refractivity contribution in [3.05, 3.63) is 82.3 Å². The van der Waals surface area contributed by atoms with Gasteiger partial charge in [-0.05, 0) is 67.4 Å². The summed E-state index contributed by atoms with van der Waals surface area (Å²) >= 11 is 11.9. The second-order valence-electron chi connectivity index (χ2n) is 7.02. The Morgan fingerprint density at radius 2 is 1.72 bits per heavy atom. The smallest absolute Gasteiger partial charge is 0.265 e. The Hall–Kier alpha value is -2.74. The van der Waals surface area contributed by atoms with Gasteiger partial charge in [-0.1, -0.05) is 48.3 Å². The van der Waals surface area contributed by atoms with E-state index < -0.39 is 16.1 Å². The van der Waals surface area contributed by atoms with E-state index in [0.29, 0.717) is 22.9 Å². The molecule has 6 nitrogen and oxygen atoms in total. The van der Waals surface area contributed by atoms with Gasteiger partial charge in [0, 0.05) is 10.7 Å². The molecule has 3 aromatic carbocycles. The van der Waals surface area contributed by atoms with Crippen molar-refractivity contribution in [3.63, 3.8) is 0 Å². The second kappa shape index (κ2) is 10.3. The zero-order valence-electron chi connectivity index (χ0n) is 17.4. The third-order valence-electron chi connectivity index (χ3n) is 4.63. The number of anilines is 2. The molecule has 0 fully saturated rings. The number of nitrogens with one attached hydrogen (secondary N) is 2. The minimum absolute atomic E-state index is 0.0183. The van der Waals surface area contributed by atoms with Gasteiger partial charge >= 0.3 is 0 Å². The molecule has 1 atom stereocenters. The number of para-hydroxylation sites is 1. The predicted molar refractivity (Wildman–Crippen MR) is 128 cm³/mol. The molecule has 0 aliphatic heterocycles. The number of carbonyl (C=O) groups is 1. The topological polar surface area (TPSA) is 84.5 Å². The lowest BCUT2D eigenvalue weighted by Crippen LogP contribution is -2.32. The molecule has 32 heavy (non-hydrogen) atoms. The van der Waals surface area contributed by atoms with Gasteiger partial charge < -0.3 is 10.1 Å². The average Bonchev–Trinajstić information content (AvgIpc) is 2.75. The number of hydrogen-bond acceptors (Lipinski definition) is 4. The first-order chi connectivity index (χ1) is 15.2. The summed E-state index contributed by atoms with van der Waals surface area (Å²) < 4.78 is 33.6. The van der Waals surface area contributed by atoms with Gasteiger partial charge in [0.1, 0.15) is 5.75 Å². The summed E-state index contributed by atoms with van der Waals surface area (Å²) in [5.74, 6) is 0.320. The van der Waals surface area contributed by atoms with E-state index in [-0.39, 0.29) is 21.5 Å². The van der Waals surface area contributed by atoms with Crippen molar-refractivity contribution in [3.8, 4) is 5.75 Å². The van der Waals surface area contributed by atoms with Crippen molar-refractivity contribution in [2.45, 2.75) is 31.3 Å². The first-order valence-corrected chi connectivity index (χ1v) is 12.0. The van der Waals surface area contributed by atoms with Crippen LogP contribution in [0, 0.1) is 6.92 Å². The van der Waals surface area contributed by atoms with Gasteiger partial charge in [-0.3, -0.25) is 9.52 Å². The maximum absolute atomic E-state index is 12.7. The van der Waals surface area contributed by atoms with Gasteiger partial charge in [-0.2, -0.15) is 0 Å². The highest BCUT2D eigenvalue weighted by Gasteiger charge is 2.20. The van der Waals surface area contributed by atoms with Crippen molar-refractivity contribution in [2.75, 3.05) is 10.0 Å². The van der Waals surface area contributed by atoms with Gasteiger partial charge in [0.15, 0.2) is 6.10 Å². The normalized spacial score (nSPS) is 12.1. The minimum Gasteiger partial charge on any atom is -0.480 e. The first kappa shape index (κ1) is 23.9. The quantitative estimate of drug-likeness (QED) is 0.409. The maximum atomic E-state index is 12.7. The third kappa shape index (κ3) is 5.94. The van der Waals surface area contributed by atoms with Gasteiger partial charge in [-0.25, -0.2) is 8.42 Å². The number of rotatable bonds is 8. The van der Waals surface area contributed by atoms with Gasteiger partial charge in [0.2, 0.25) is 0 Å². The summed E-state index contributed by atoms with van der Waals surface area (Å²) in [6.45, 7) is 3.76. The molecule has 0 saturated heterocycles. The Bertz CT molecular complexity index is 1210. The Balaban J connectivity index is 1.69. The van der Waals surface area contributed by atoms with Crippen LogP contribution in [-0.4, -0.2) is 20.4 Å². The molecule has 0 radical (unpaired) electrons. The van der Waals surface area contributed by atoms with E-state index in [1.54, 1.807) is 0 Å². The molecule has 9 heteroatoms. The fourth-order valence-corrected chi connectivity index (χ4v) is 4.47. The molecule has 168 valence electrons. The Labute approximate surface area is 197 Å². The van der Waals surface area contributed by atoms with E-state index in [9.17, 15) is 13.2 Å². The van der Waals surface area contributed by atoms with Gasteiger partial charge in [0.05, 0.1) is 15.6 Å². The number of hydrogen-bond donors (Lipinski definition) is 2. The van der Waals surface area contributed by atoms with Crippen LogP contribution in [0.4, 0.5) is 11.4 Å². The number of amides is 1. The second-order valence-corrected chi connectivity index (χ2v) is 9.55. The van der Waals surface area contributed by atoms with Crippen molar-refractivity contribution >= 4 is 50.5 Å². The van der Waals surface area contributed by atoms with Crippen molar-refractivity contribution in [2.24, 2.45) is 0 Å². The molecule has 0 aliphatic rings. The Morgan fingerprint density at radius 1 is 1.03 bits per heavy atom. The predicted octanol–water partition coefficient (Wildman–Crippen LogP) is 5.90. The molecule has 0 spiro atoms. The molecule has 3 rings (SSSR count). The number of sulfonamides is 1. The van der Waals surface area contributed by atoms with Crippen LogP contribution in [0.3, 0.4) is 0 Å². The lowest BCUT2D eigenvalue weighted by atomic mass is 10.2. The largest absolute Gasteiger partial charge is 0.480 e. The number of benzene rings is 3. The molecular weight excluding hydrogens is 471 g/mol. The van der Waals surface area contributed by atoms with Crippen molar-refractivity contribution in [1.29, 1.82) is 0 Å². The van der Waals surface area contributed by atoms with Crippen LogP contribution >= 0.6 is 23.2 Å². The lowest BCUT2D eigenvalue weighted by molar-refractivity contribution is -0.122. The van der Waals surface area contributed by atoms with E-state index in [1.807, 2.05) is 38.1 Å². The molecule has 0 aliphatic carbocycles. The number of ether oxygens (including phenoxy) is 1. The van der Waals surface area contributed by atoms with E-state index in [2.05, 4.69) is 10.0 Å².